The minimum absolute atomic E-state index is 0.0650. The van der Waals surface area contributed by atoms with Crippen molar-refractivity contribution in [2.24, 2.45) is 13.0 Å². The number of hydrogen-bond donors (Lipinski definition) is 2. The molecule has 3 rings (SSSR count). The Hall–Kier alpha value is -1.97. The van der Waals surface area contributed by atoms with Gasteiger partial charge in [-0.25, -0.2) is 12.8 Å². The molecule has 1 saturated carbocycles. The van der Waals surface area contributed by atoms with Gasteiger partial charge in [0.1, 0.15) is 0 Å². The third-order valence-electron chi connectivity index (χ3n) is 4.78. The number of amides is 1. The van der Waals surface area contributed by atoms with E-state index in [0.29, 0.717) is 11.3 Å². The minimum atomic E-state index is -3.72. The van der Waals surface area contributed by atoms with Gasteiger partial charge in [0.25, 0.3) is 5.91 Å². The number of nitrogens with zero attached hydrogens (tertiary/aromatic N) is 2. The van der Waals surface area contributed by atoms with E-state index in [1.807, 2.05) is 0 Å². The summed E-state index contributed by atoms with van der Waals surface area (Å²) in [5.41, 5.74) is 2.67. The van der Waals surface area contributed by atoms with E-state index in [1.165, 1.54) is 12.1 Å². The summed E-state index contributed by atoms with van der Waals surface area (Å²) in [7, 11) is -1.99. The van der Waals surface area contributed by atoms with Crippen molar-refractivity contribution >= 4 is 27.5 Å². The minimum Gasteiger partial charge on any atom is -0.275 e. The first kappa shape index (κ1) is 20.8. The number of hydrogen-bond acceptors (Lipinski definition) is 4. The third kappa shape index (κ3) is 5.09. The first-order chi connectivity index (χ1) is 13.2. The summed E-state index contributed by atoms with van der Waals surface area (Å²) < 4.78 is 40.3. The van der Waals surface area contributed by atoms with Gasteiger partial charge in [-0.2, -0.15) is 5.10 Å². The second-order valence-electron chi connectivity index (χ2n) is 7.04. The number of carbonyl (C=O) groups is 1. The molecule has 0 bridgehead atoms. The molecule has 28 heavy (non-hydrogen) atoms. The van der Waals surface area contributed by atoms with Gasteiger partial charge in [-0.15, -0.1) is 4.83 Å². The molecule has 1 amide bonds. The molecule has 1 fully saturated rings. The number of aromatic nitrogens is 2. The van der Waals surface area contributed by atoms with Gasteiger partial charge in [0.05, 0.1) is 22.0 Å². The summed E-state index contributed by atoms with van der Waals surface area (Å²) >= 11 is 5.91. The first-order valence-corrected chi connectivity index (χ1v) is 11.1. The Morgan fingerprint density at radius 1 is 1.32 bits per heavy atom. The van der Waals surface area contributed by atoms with E-state index in [1.54, 1.807) is 24.0 Å². The predicted octanol–water partition coefficient (Wildman–Crippen LogP) is 3.02. The van der Waals surface area contributed by atoms with Crippen molar-refractivity contribution in [3.05, 3.63) is 40.8 Å². The molecule has 1 aromatic heterocycles. The highest BCUT2D eigenvalue weighted by Gasteiger charge is 2.23. The SMILES string of the molecule is Cn1ccc(-c2cc(Cl)c(F)c(C(=O)NNS(=O)(=O)CC3CCCCC3)c2)n1. The summed E-state index contributed by atoms with van der Waals surface area (Å²) in [4.78, 5) is 14.4. The topological polar surface area (TPSA) is 93.1 Å². The fourth-order valence-electron chi connectivity index (χ4n) is 3.37. The van der Waals surface area contributed by atoms with Crippen molar-refractivity contribution in [2.45, 2.75) is 32.1 Å². The van der Waals surface area contributed by atoms with Gasteiger partial charge in [-0.1, -0.05) is 30.9 Å². The van der Waals surface area contributed by atoms with E-state index < -0.39 is 21.7 Å². The van der Waals surface area contributed by atoms with Crippen molar-refractivity contribution in [1.82, 2.24) is 20.0 Å². The van der Waals surface area contributed by atoms with Crippen LogP contribution in [0, 0.1) is 11.7 Å². The molecule has 0 radical (unpaired) electrons. The molecule has 0 atom stereocenters. The van der Waals surface area contributed by atoms with E-state index in [4.69, 9.17) is 11.6 Å². The lowest BCUT2D eigenvalue weighted by Crippen LogP contribution is -2.44. The van der Waals surface area contributed by atoms with E-state index in [2.05, 4.69) is 15.4 Å². The summed E-state index contributed by atoms with van der Waals surface area (Å²) in [5, 5.41) is 3.94. The maximum absolute atomic E-state index is 14.3. The number of halogens is 2. The fourth-order valence-corrected chi connectivity index (χ4v) is 4.87. The Morgan fingerprint density at radius 2 is 2.04 bits per heavy atom. The van der Waals surface area contributed by atoms with Crippen LogP contribution in [-0.2, 0) is 17.1 Å². The molecule has 0 saturated heterocycles. The molecule has 0 unspecified atom stereocenters. The molecular weight excluding hydrogens is 407 g/mol. The molecule has 152 valence electrons. The van der Waals surface area contributed by atoms with Crippen LogP contribution in [0.5, 0.6) is 0 Å². The number of sulfonamides is 1. The van der Waals surface area contributed by atoms with E-state index >= 15 is 0 Å². The largest absolute Gasteiger partial charge is 0.275 e. The molecule has 1 aliphatic rings. The van der Waals surface area contributed by atoms with Gasteiger partial charge in [0.15, 0.2) is 5.82 Å². The Balaban J connectivity index is 1.72. The number of hydrazine groups is 1. The van der Waals surface area contributed by atoms with Crippen LogP contribution in [0.3, 0.4) is 0 Å². The quantitative estimate of drug-likeness (QED) is 0.691. The molecule has 1 aliphatic carbocycles. The zero-order valence-corrected chi connectivity index (χ0v) is 17.0. The molecule has 7 nitrogen and oxygen atoms in total. The normalized spacial score (nSPS) is 15.5. The van der Waals surface area contributed by atoms with Crippen LogP contribution in [0.1, 0.15) is 42.5 Å². The first-order valence-electron chi connectivity index (χ1n) is 9.04. The molecule has 10 heteroatoms. The van der Waals surface area contributed by atoms with Crippen LogP contribution in [-0.4, -0.2) is 29.9 Å². The van der Waals surface area contributed by atoms with Gasteiger partial charge >= 0.3 is 0 Å². The third-order valence-corrected chi connectivity index (χ3v) is 6.38. The zero-order valence-electron chi connectivity index (χ0n) is 15.4. The van der Waals surface area contributed by atoms with Crippen LogP contribution in [0.25, 0.3) is 11.3 Å². The summed E-state index contributed by atoms with van der Waals surface area (Å²) in [6.45, 7) is 0. The number of benzene rings is 1. The lowest BCUT2D eigenvalue weighted by atomic mass is 9.91. The molecule has 0 aliphatic heterocycles. The molecule has 1 aromatic carbocycles. The van der Waals surface area contributed by atoms with E-state index in [-0.39, 0.29) is 22.3 Å². The van der Waals surface area contributed by atoms with Crippen LogP contribution in [0.4, 0.5) is 4.39 Å². The summed E-state index contributed by atoms with van der Waals surface area (Å²) in [6, 6.07) is 4.34. The fraction of sp³-hybridized carbons (Fsp3) is 0.444. The monoisotopic (exact) mass is 428 g/mol. The van der Waals surface area contributed by atoms with Gasteiger partial charge in [-0.3, -0.25) is 14.9 Å². The molecular formula is C18H22ClFN4O3S. The number of carbonyl (C=O) groups excluding carboxylic acids is 1. The Morgan fingerprint density at radius 3 is 2.68 bits per heavy atom. The van der Waals surface area contributed by atoms with Crippen molar-refractivity contribution in [2.75, 3.05) is 5.75 Å². The van der Waals surface area contributed by atoms with Gasteiger partial charge in [-0.05, 0) is 37.0 Å². The van der Waals surface area contributed by atoms with Gasteiger partial charge in [0.2, 0.25) is 10.0 Å². The molecule has 1 heterocycles. The standard InChI is InChI=1S/C18H22ClFN4O3S/c1-24-8-7-16(22-24)13-9-14(17(20)15(19)10-13)18(25)21-23-28(26,27)11-12-5-3-2-4-6-12/h7-10,12,23H,2-6,11H2,1H3,(H,21,25). The van der Waals surface area contributed by atoms with Crippen LogP contribution in [0.2, 0.25) is 5.02 Å². The smallest absolute Gasteiger partial charge is 0.269 e. The predicted molar refractivity (Wildman–Crippen MR) is 105 cm³/mol. The maximum atomic E-state index is 14.3. The Bertz CT molecular complexity index is 971. The van der Waals surface area contributed by atoms with Gasteiger partial charge < -0.3 is 0 Å². The second-order valence-corrected chi connectivity index (χ2v) is 9.21. The highest BCUT2D eigenvalue weighted by molar-refractivity contribution is 7.89. The van der Waals surface area contributed by atoms with Crippen LogP contribution in [0.15, 0.2) is 24.4 Å². The summed E-state index contributed by atoms with van der Waals surface area (Å²) in [6.07, 6.45) is 6.54. The van der Waals surface area contributed by atoms with E-state index in [0.717, 1.165) is 32.1 Å². The lowest BCUT2D eigenvalue weighted by molar-refractivity contribution is 0.0941. The zero-order chi connectivity index (χ0) is 20.3. The number of rotatable bonds is 6. The number of aryl methyl sites for hydroxylation is 1. The molecule has 2 N–H and O–H groups in total. The Kier molecular flexibility index (Phi) is 6.36. The molecule has 0 spiro atoms. The van der Waals surface area contributed by atoms with Crippen molar-refractivity contribution < 1.29 is 17.6 Å². The number of nitrogens with one attached hydrogen (secondary N) is 2. The average Bonchev–Trinajstić information content (AvgIpc) is 3.09. The highest BCUT2D eigenvalue weighted by atomic mass is 35.5. The summed E-state index contributed by atoms with van der Waals surface area (Å²) in [5.74, 6) is -1.85. The average molecular weight is 429 g/mol. The second kappa shape index (κ2) is 8.59. The Labute approximate surface area is 168 Å². The van der Waals surface area contributed by atoms with E-state index in [9.17, 15) is 17.6 Å². The van der Waals surface area contributed by atoms with Crippen LogP contribution < -0.4 is 10.3 Å². The van der Waals surface area contributed by atoms with Gasteiger partial charge in [0, 0.05) is 18.8 Å². The van der Waals surface area contributed by atoms with Crippen molar-refractivity contribution in [3.8, 4) is 11.3 Å². The van der Waals surface area contributed by atoms with Crippen LogP contribution >= 0.6 is 11.6 Å². The van der Waals surface area contributed by atoms with Crippen molar-refractivity contribution in [3.63, 3.8) is 0 Å². The maximum Gasteiger partial charge on any atom is 0.269 e. The highest BCUT2D eigenvalue weighted by Crippen LogP contribution is 2.27. The lowest BCUT2D eigenvalue weighted by Gasteiger charge is -2.21. The van der Waals surface area contributed by atoms with Crippen molar-refractivity contribution in [1.29, 1.82) is 0 Å². The molecule has 2 aromatic rings.